The van der Waals surface area contributed by atoms with E-state index in [1.54, 1.807) is 0 Å². The lowest BCUT2D eigenvalue weighted by molar-refractivity contribution is -0.126. The van der Waals surface area contributed by atoms with Crippen molar-refractivity contribution in [3.05, 3.63) is 29.6 Å². The third-order valence-corrected chi connectivity index (χ3v) is 2.27. The number of carbonyl (C=O) groups excluding carboxylic acids is 2. The van der Waals surface area contributed by atoms with Gasteiger partial charge in [0.15, 0.2) is 0 Å². The van der Waals surface area contributed by atoms with Gasteiger partial charge in [0.1, 0.15) is 0 Å². The maximum Gasteiger partial charge on any atom is 0.335 e. The normalized spacial score (nSPS) is 11.6. The van der Waals surface area contributed by atoms with Crippen LogP contribution in [-0.4, -0.2) is 33.9 Å². The number of primary amides is 1. The van der Waals surface area contributed by atoms with Crippen LogP contribution in [0.15, 0.2) is 18.3 Å². The van der Waals surface area contributed by atoms with Crippen molar-refractivity contribution in [3.8, 4) is 0 Å². The quantitative estimate of drug-likeness (QED) is 0.497. The molecule has 8 heteroatoms. The van der Waals surface area contributed by atoms with Crippen LogP contribution in [0.4, 0.5) is 0 Å². The minimum atomic E-state index is -1.08. The van der Waals surface area contributed by atoms with Crippen molar-refractivity contribution >= 4 is 17.8 Å². The lowest BCUT2D eigenvalue weighted by Crippen LogP contribution is -2.42. The van der Waals surface area contributed by atoms with Gasteiger partial charge in [-0.2, -0.15) is 0 Å². The van der Waals surface area contributed by atoms with Gasteiger partial charge in [-0.1, -0.05) is 0 Å². The Morgan fingerprint density at radius 3 is 2.68 bits per heavy atom. The highest BCUT2D eigenvalue weighted by Gasteiger charge is 2.15. The van der Waals surface area contributed by atoms with E-state index in [2.05, 4.69) is 10.3 Å². The summed E-state index contributed by atoms with van der Waals surface area (Å²) in [6, 6.07) is 1.65. The van der Waals surface area contributed by atoms with E-state index in [1.165, 1.54) is 18.3 Å². The smallest absolute Gasteiger partial charge is 0.335 e. The molecule has 8 nitrogen and oxygen atoms in total. The zero-order valence-electron chi connectivity index (χ0n) is 10.00. The van der Waals surface area contributed by atoms with Crippen LogP contribution in [0.1, 0.15) is 22.5 Å². The monoisotopic (exact) mass is 266 g/mol. The molecule has 1 heterocycles. The Labute approximate surface area is 108 Å². The van der Waals surface area contributed by atoms with Gasteiger partial charge in [-0.15, -0.1) is 0 Å². The molecule has 1 aromatic heterocycles. The Morgan fingerprint density at radius 2 is 2.11 bits per heavy atom. The van der Waals surface area contributed by atoms with Gasteiger partial charge in [0.2, 0.25) is 11.8 Å². The number of carboxylic acids is 1. The standard InChI is InChI=1S/C11H14N4O4/c12-8(4-9(13)16)10(17)15-5-7-3-6(11(18)19)1-2-14-7/h1-3,8H,4-5,12H2,(H2,13,16)(H,15,17)(H,18,19). The fourth-order valence-electron chi connectivity index (χ4n) is 1.33. The second-order valence-corrected chi connectivity index (χ2v) is 3.84. The summed E-state index contributed by atoms with van der Waals surface area (Å²) in [5.74, 6) is -2.31. The molecule has 0 spiro atoms. The zero-order valence-corrected chi connectivity index (χ0v) is 10.00. The highest BCUT2D eigenvalue weighted by molar-refractivity contribution is 5.88. The largest absolute Gasteiger partial charge is 0.478 e. The summed E-state index contributed by atoms with van der Waals surface area (Å²) in [7, 11) is 0. The number of hydrogen-bond acceptors (Lipinski definition) is 5. The number of carboxylic acid groups (broad SMARTS) is 1. The van der Waals surface area contributed by atoms with E-state index >= 15 is 0 Å². The molecule has 1 aromatic rings. The number of pyridine rings is 1. The lowest BCUT2D eigenvalue weighted by atomic mass is 10.2. The molecule has 102 valence electrons. The van der Waals surface area contributed by atoms with E-state index in [-0.39, 0.29) is 18.5 Å². The van der Waals surface area contributed by atoms with E-state index in [1.807, 2.05) is 0 Å². The second-order valence-electron chi connectivity index (χ2n) is 3.84. The van der Waals surface area contributed by atoms with Gasteiger partial charge in [-0.05, 0) is 12.1 Å². The number of nitrogens with zero attached hydrogens (tertiary/aromatic N) is 1. The summed E-state index contributed by atoms with van der Waals surface area (Å²) in [6.45, 7) is 0.0203. The summed E-state index contributed by atoms with van der Waals surface area (Å²) >= 11 is 0. The average Bonchev–Trinajstić information content (AvgIpc) is 2.35. The van der Waals surface area contributed by atoms with E-state index in [9.17, 15) is 14.4 Å². The molecule has 0 aliphatic carbocycles. The fourth-order valence-corrected chi connectivity index (χ4v) is 1.33. The molecule has 6 N–H and O–H groups in total. The number of carbonyl (C=O) groups is 3. The first kappa shape index (κ1) is 14.6. The number of amides is 2. The maximum absolute atomic E-state index is 11.5. The Hall–Kier alpha value is -2.48. The van der Waals surface area contributed by atoms with E-state index in [0.29, 0.717) is 5.69 Å². The van der Waals surface area contributed by atoms with Crippen molar-refractivity contribution in [2.24, 2.45) is 11.5 Å². The molecular formula is C11H14N4O4. The van der Waals surface area contributed by atoms with Crippen molar-refractivity contribution in [1.29, 1.82) is 0 Å². The van der Waals surface area contributed by atoms with Gasteiger partial charge in [0, 0.05) is 6.20 Å². The molecule has 0 aliphatic heterocycles. The molecule has 19 heavy (non-hydrogen) atoms. The number of rotatable bonds is 6. The summed E-state index contributed by atoms with van der Waals surface area (Å²) in [5, 5.41) is 11.2. The molecule has 2 amide bonds. The molecule has 0 saturated carbocycles. The third kappa shape index (κ3) is 4.72. The molecule has 1 rings (SSSR count). The number of hydrogen-bond donors (Lipinski definition) is 4. The number of nitrogens with one attached hydrogen (secondary N) is 1. The predicted molar refractivity (Wildman–Crippen MR) is 64.8 cm³/mol. The maximum atomic E-state index is 11.5. The van der Waals surface area contributed by atoms with Crippen LogP contribution >= 0.6 is 0 Å². The van der Waals surface area contributed by atoms with Crippen molar-refractivity contribution < 1.29 is 19.5 Å². The minimum absolute atomic E-state index is 0.0203. The van der Waals surface area contributed by atoms with Gasteiger partial charge in [0.05, 0.1) is 30.3 Å². The van der Waals surface area contributed by atoms with Crippen molar-refractivity contribution in [1.82, 2.24) is 10.3 Å². The molecule has 0 bridgehead atoms. The van der Waals surface area contributed by atoms with Crippen molar-refractivity contribution in [2.75, 3.05) is 0 Å². The number of aromatic nitrogens is 1. The number of nitrogens with two attached hydrogens (primary N) is 2. The van der Waals surface area contributed by atoms with Crippen LogP contribution in [0.3, 0.4) is 0 Å². The summed E-state index contributed by atoms with van der Waals surface area (Å²) in [6.07, 6.45) is 1.07. The number of aromatic carboxylic acids is 1. The lowest BCUT2D eigenvalue weighted by Gasteiger charge is -2.10. The van der Waals surface area contributed by atoms with Crippen LogP contribution in [0.2, 0.25) is 0 Å². The molecule has 1 atom stereocenters. The highest BCUT2D eigenvalue weighted by Crippen LogP contribution is 2.01. The first-order valence-electron chi connectivity index (χ1n) is 5.40. The molecule has 0 aromatic carbocycles. The second kappa shape index (κ2) is 6.45. The summed E-state index contributed by atoms with van der Waals surface area (Å²) < 4.78 is 0. The van der Waals surface area contributed by atoms with Crippen LogP contribution in [-0.2, 0) is 16.1 Å². The average molecular weight is 266 g/mol. The Bertz CT molecular complexity index is 503. The van der Waals surface area contributed by atoms with E-state index in [0.717, 1.165) is 0 Å². The topological polar surface area (TPSA) is 148 Å². The molecule has 0 saturated heterocycles. The van der Waals surface area contributed by atoms with Gasteiger partial charge in [-0.25, -0.2) is 4.79 Å². The summed E-state index contributed by atoms with van der Waals surface area (Å²) in [4.78, 5) is 36.7. The van der Waals surface area contributed by atoms with Gasteiger partial charge < -0.3 is 21.9 Å². The predicted octanol–water partition coefficient (Wildman–Crippen LogP) is -1.40. The van der Waals surface area contributed by atoms with Gasteiger partial charge in [0.25, 0.3) is 0 Å². The van der Waals surface area contributed by atoms with Crippen LogP contribution < -0.4 is 16.8 Å². The van der Waals surface area contributed by atoms with Crippen LogP contribution in [0, 0.1) is 0 Å². The zero-order chi connectivity index (χ0) is 14.4. The SMILES string of the molecule is NC(=O)CC(N)C(=O)NCc1cc(C(=O)O)ccn1. The first-order valence-corrected chi connectivity index (χ1v) is 5.40. The van der Waals surface area contributed by atoms with Crippen LogP contribution in [0.5, 0.6) is 0 Å². The Balaban J connectivity index is 2.57. The molecule has 0 aliphatic rings. The summed E-state index contributed by atoms with van der Waals surface area (Å²) in [5.41, 5.74) is 10.8. The molecular weight excluding hydrogens is 252 g/mol. The Morgan fingerprint density at radius 1 is 1.42 bits per heavy atom. The van der Waals surface area contributed by atoms with Crippen LogP contribution in [0.25, 0.3) is 0 Å². The highest BCUT2D eigenvalue weighted by atomic mass is 16.4. The molecule has 0 radical (unpaired) electrons. The van der Waals surface area contributed by atoms with Gasteiger partial charge >= 0.3 is 5.97 Å². The first-order chi connectivity index (χ1) is 8.90. The van der Waals surface area contributed by atoms with Crippen molar-refractivity contribution in [3.63, 3.8) is 0 Å². The van der Waals surface area contributed by atoms with E-state index < -0.39 is 23.8 Å². The van der Waals surface area contributed by atoms with E-state index in [4.69, 9.17) is 16.6 Å². The third-order valence-electron chi connectivity index (χ3n) is 2.27. The van der Waals surface area contributed by atoms with Gasteiger partial charge in [-0.3, -0.25) is 14.6 Å². The van der Waals surface area contributed by atoms with Crippen molar-refractivity contribution in [2.45, 2.75) is 19.0 Å². The fraction of sp³-hybridized carbons (Fsp3) is 0.273. The molecule has 0 fully saturated rings. The Kier molecular flexibility index (Phi) is 4.95. The molecule has 1 unspecified atom stereocenters. The minimum Gasteiger partial charge on any atom is -0.478 e.